The zero-order chi connectivity index (χ0) is 14.1. The number of hydrogen-bond acceptors (Lipinski definition) is 3. The van der Waals surface area contributed by atoms with E-state index in [0.717, 1.165) is 18.8 Å². The predicted octanol–water partition coefficient (Wildman–Crippen LogP) is 2.09. The Balaban J connectivity index is 1.72. The third-order valence-electron chi connectivity index (χ3n) is 4.07. The maximum atomic E-state index is 12.0. The lowest BCUT2D eigenvalue weighted by Gasteiger charge is -2.35. The Morgan fingerprint density at radius 3 is 2.70 bits per heavy atom. The molecular weight excluding hydrogens is 250 g/mol. The monoisotopic (exact) mass is 271 g/mol. The first-order valence-electron chi connectivity index (χ1n) is 7.39. The third kappa shape index (κ3) is 2.80. The summed E-state index contributed by atoms with van der Waals surface area (Å²) < 4.78 is 0. The van der Waals surface area contributed by atoms with Crippen molar-refractivity contribution in [1.29, 1.82) is 0 Å². The first-order chi connectivity index (χ1) is 9.61. The van der Waals surface area contributed by atoms with Gasteiger partial charge in [-0.15, -0.1) is 0 Å². The van der Waals surface area contributed by atoms with Crippen molar-refractivity contribution < 1.29 is 4.79 Å². The van der Waals surface area contributed by atoms with Gasteiger partial charge in [-0.3, -0.25) is 9.69 Å². The maximum Gasteiger partial charge on any atom is 0.260 e. The number of nitrogens with zero attached hydrogens (tertiary/aromatic N) is 3. The van der Waals surface area contributed by atoms with Crippen LogP contribution in [0.3, 0.4) is 0 Å². The van der Waals surface area contributed by atoms with Crippen LogP contribution in [-0.4, -0.2) is 42.0 Å². The van der Waals surface area contributed by atoms with Crippen LogP contribution in [0.25, 0.3) is 0 Å². The molecule has 4 nitrogen and oxygen atoms in total. The Labute approximate surface area is 120 Å². The second-order valence-corrected chi connectivity index (χ2v) is 6.26. The highest BCUT2D eigenvalue weighted by molar-refractivity contribution is 6.21. The van der Waals surface area contributed by atoms with Gasteiger partial charge in [0, 0.05) is 13.1 Å². The molecule has 0 bridgehead atoms. The number of amides is 1. The average Bonchev–Trinajstić information content (AvgIpc) is 2.37. The second-order valence-electron chi connectivity index (χ2n) is 6.26. The number of allylic oxidation sites excluding steroid dienone is 3. The summed E-state index contributed by atoms with van der Waals surface area (Å²) in [6.45, 7) is 7.40. The van der Waals surface area contributed by atoms with Gasteiger partial charge in [0.25, 0.3) is 5.91 Å². The van der Waals surface area contributed by atoms with E-state index in [0.29, 0.717) is 24.2 Å². The summed E-state index contributed by atoms with van der Waals surface area (Å²) >= 11 is 0. The normalized spacial score (nSPS) is 33.7. The van der Waals surface area contributed by atoms with Crippen molar-refractivity contribution >= 4 is 17.5 Å². The van der Waals surface area contributed by atoms with Gasteiger partial charge in [-0.2, -0.15) is 4.99 Å². The Hall–Kier alpha value is -1.55. The van der Waals surface area contributed by atoms with Crippen molar-refractivity contribution in [2.75, 3.05) is 19.6 Å². The molecule has 1 amide bonds. The van der Waals surface area contributed by atoms with Gasteiger partial charge in [0.15, 0.2) is 0 Å². The second kappa shape index (κ2) is 5.44. The standard InChI is InChI=1S/C16H21N3O/c1-11-7-12(2)9-19(8-11)10-15-17-14-6-4-3-5-13(14)16(20)18-15/h3-6,11-13H,7-10H2,1-2H3. The smallest absolute Gasteiger partial charge is 0.260 e. The fraction of sp³-hybridized carbons (Fsp3) is 0.562. The van der Waals surface area contributed by atoms with Gasteiger partial charge in [0.1, 0.15) is 11.8 Å². The number of piperidine rings is 1. The van der Waals surface area contributed by atoms with Gasteiger partial charge in [-0.05, 0) is 24.3 Å². The summed E-state index contributed by atoms with van der Waals surface area (Å²) in [6.07, 6.45) is 8.88. The van der Waals surface area contributed by atoms with E-state index < -0.39 is 0 Å². The topological polar surface area (TPSA) is 45.0 Å². The molecule has 0 spiro atoms. The lowest BCUT2D eigenvalue weighted by molar-refractivity contribution is -0.118. The number of hydrogen-bond donors (Lipinski definition) is 0. The van der Waals surface area contributed by atoms with E-state index in [9.17, 15) is 4.79 Å². The molecule has 1 aliphatic carbocycles. The molecule has 2 heterocycles. The van der Waals surface area contributed by atoms with E-state index in [-0.39, 0.29) is 11.8 Å². The highest BCUT2D eigenvalue weighted by Gasteiger charge is 2.28. The summed E-state index contributed by atoms with van der Waals surface area (Å²) in [5.41, 5.74) is 0.834. The van der Waals surface area contributed by atoms with Gasteiger partial charge in [0.2, 0.25) is 0 Å². The van der Waals surface area contributed by atoms with Crippen molar-refractivity contribution in [3.8, 4) is 0 Å². The minimum atomic E-state index is -0.261. The van der Waals surface area contributed by atoms with Gasteiger partial charge in [0.05, 0.1) is 12.3 Å². The van der Waals surface area contributed by atoms with Gasteiger partial charge in [-0.25, -0.2) is 4.99 Å². The van der Waals surface area contributed by atoms with Gasteiger partial charge < -0.3 is 0 Å². The molecule has 3 aliphatic rings. The lowest BCUT2D eigenvalue weighted by Crippen LogP contribution is -2.42. The van der Waals surface area contributed by atoms with Crippen molar-refractivity contribution in [2.24, 2.45) is 27.7 Å². The summed E-state index contributed by atoms with van der Waals surface area (Å²) in [5.74, 6) is 1.74. The molecule has 2 aliphatic heterocycles. The average molecular weight is 271 g/mol. The minimum Gasteiger partial charge on any atom is -0.295 e. The number of likely N-dealkylation sites (tertiary alicyclic amines) is 1. The number of carbonyl (C=O) groups excluding carboxylic acids is 1. The molecule has 3 unspecified atom stereocenters. The Kier molecular flexibility index (Phi) is 3.66. The van der Waals surface area contributed by atoms with Gasteiger partial charge >= 0.3 is 0 Å². The summed E-state index contributed by atoms with van der Waals surface area (Å²) in [5, 5.41) is 0. The first kappa shape index (κ1) is 13.4. The van der Waals surface area contributed by atoms with Crippen LogP contribution in [0.4, 0.5) is 0 Å². The molecular formula is C16H21N3O. The summed E-state index contributed by atoms with van der Waals surface area (Å²) in [4.78, 5) is 23.1. The highest BCUT2D eigenvalue weighted by atomic mass is 16.1. The maximum absolute atomic E-state index is 12.0. The Morgan fingerprint density at radius 1 is 1.20 bits per heavy atom. The van der Waals surface area contributed by atoms with Crippen molar-refractivity contribution in [3.05, 3.63) is 24.3 Å². The fourth-order valence-corrected chi connectivity index (χ4v) is 3.41. The van der Waals surface area contributed by atoms with E-state index in [1.165, 1.54) is 6.42 Å². The molecule has 106 valence electrons. The molecule has 0 aromatic heterocycles. The van der Waals surface area contributed by atoms with Crippen LogP contribution in [0, 0.1) is 17.8 Å². The molecule has 0 aromatic rings. The highest BCUT2D eigenvalue weighted by Crippen LogP contribution is 2.22. The van der Waals surface area contributed by atoms with Crippen molar-refractivity contribution in [3.63, 3.8) is 0 Å². The van der Waals surface area contributed by atoms with Crippen molar-refractivity contribution in [1.82, 2.24) is 4.90 Å². The van der Waals surface area contributed by atoms with E-state index in [4.69, 9.17) is 0 Å². The van der Waals surface area contributed by atoms with E-state index in [1.54, 1.807) is 0 Å². The van der Waals surface area contributed by atoms with Crippen LogP contribution in [0.1, 0.15) is 20.3 Å². The minimum absolute atomic E-state index is 0.0799. The fourth-order valence-electron chi connectivity index (χ4n) is 3.41. The van der Waals surface area contributed by atoms with Crippen LogP contribution in [0.2, 0.25) is 0 Å². The predicted molar refractivity (Wildman–Crippen MR) is 81.0 cm³/mol. The number of rotatable bonds is 2. The summed E-state index contributed by atoms with van der Waals surface area (Å²) in [6, 6.07) is 0. The van der Waals surface area contributed by atoms with Crippen LogP contribution in [-0.2, 0) is 4.79 Å². The lowest BCUT2D eigenvalue weighted by atomic mass is 9.92. The molecule has 0 aromatic carbocycles. The van der Waals surface area contributed by atoms with E-state index in [2.05, 4.69) is 28.7 Å². The quantitative estimate of drug-likeness (QED) is 0.772. The molecule has 1 saturated heterocycles. The van der Waals surface area contributed by atoms with Crippen LogP contribution in [0.15, 0.2) is 34.3 Å². The molecule has 0 N–H and O–H groups in total. The molecule has 3 rings (SSSR count). The third-order valence-corrected chi connectivity index (χ3v) is 4.07. The molecule has 0 saturated carbocycles. The zero-order valence-corrected chi connectivity index (χ0v) is 12.1. The molecule has 3 atom stereocenters. The number of carbonyl (C=O) groups is 1. The van der Waals surface area contributed by atoms with E-state index >= 15 is 0 Å². The SMILES string of the molecule is CC1CC(C)CN(CC2=NC(=O)C3C=CC=CC3=N2)C1. The van der Waals surface area contributed by atoms with Crippen LogP contribution >= 0.6 is 0 Å². The van der Waals surface area contributed by atoms with E-state index in [1.807, 2.05) is 24.3 Å². The van der Waals surface area contributed by atoms with Crippen LogP contribution in [0.5, 0.6) is 0 Å². The number of aliphatic imine (C=N–C) groups is 2. The molecule has 1 fully saturated rings. The van der Waals surface area contributed by atoms with Crippen molar-refractivity contribution in [2.45, 2.75) is 20.3 Å². The van der Waals surface area contributed by atoms with Crippen LogP contribution < -0.4 is 0 Å². The largest absolute Gasteiger partial charge is 0.295 e. The Morgan fingerprint density at radius 2 is 1.95 bits per heavy atom. The molecule has 0 radical (unpaired) electrons. The summed E-state index contributed by atoms with van der Waals surface area (Å²) in [7, 11) is 0. The molecule has 4 heteroatoms. The number of amidine groups is 1. The Bertz CT molecular complexity index is 520. The number of fused-ring (bicyclic) bond motifs is 1. The van der Waals surface area contributed by atoms with Gasteiger partial charge in [-0.1, -0.05) is 32.1 Å². The molecule has 20 heavy (non-hydrogen) atoms. The first-order valence-corrected chi connectivity index (χ1v) is 7.39. The zero-order valence-electron chi connectivity index (χ0n) is 12.1.